The maximum atomic E-state index is 12.6. The van der Waals surface area contributed by atoms with Gasteiger partial charge in [0.15, 0.2) is 0 Å². The van der Waals surface area contributed by atoms with Gasteiger partial charge >= 0.3 is 5.97 Å². The lowest BCUT2D eigenvalue weighted by molar-refractivity contribution is 0.0603. The van der Waals surface area contributed by atoms with E-state index in [0.717, 1.165) is 16.7 Å². The van der Waals surface area contributed by atoms with Gasteiger partial charge in [-0.2, -0.15) is 0 Å². The van der Waals surface area contributed by atoms with E-state index in [9.17, 15) is 9.59 Å². The number of ether oxygens (including phenoxy) is 1. The van der Waals surface area contributed by atoms with Crippen molar-refractivity contribution in [2.75, 3.05) is 12.9 Å². The third-order valence-corrected chi connectivity index (χ3v) is 5.10. The molecule has 0 bridgehead atoms. The van der Waals surface area contributed by atoms with Crippen LogP contribution in [0.3, 0.4) is 0 Å². The summed E-state index contributed by atoms with van der Waals surface area (Å²) < 4.78 is 6.37. The number of hydrogen-bond donors (Lipinski definition) is 0. The number of carbonyl (C=O) groups excluding carboxylic acids is 2. The average Bonchev–Trinajstić information content (AvgIpc) is 3.02. The monoisotopic (exact) mass is 353 g/mol. The summed E-state index contributed by atoms with van der Waals surface area (Å²) >= 11 is 1.57. The van der Waals surface area contributed by atoms with Crippen LogP contribution in [-0.4, -0.2) is 29.3 Å². The Labute approximate surface area is 150 Å². The van der Waals surface area contributed by atoms with Crippen molar-refractivity contribution >= 4 is 34.5 Å². The number of rotatable bonds is 5. The molecule has 4 nitrogen and oxygen atoms in total. The quantitative estimate of drug-likeness (QED) is 0.641. The summed E-state index contributed by atoms with van der Waals surface area (Å²) in [6, 6.07) is 15.5. The zero-order valence-electron chi connectivity index (χ0n) is 14.2. The highest BCUT2D eigenvalue weighted by Gasteiger charge is 2.18. The number of nitrogens with zero attached hydrogens (tertiary/aromatic N) is 1. The molecule has 0 aliphatic heterocycles. The van der Waals surface area contributed by atoms with Crippen LogP contribution in [0.25, 0.3) is 10.9 Å². The van der Waals surface area contributed by atoms with Crippen LogP contribution < -0.4 is 0 Å². The van der Waals surface area contributed by atoms with E-state index in [-0.39, 0.29) is 5.91 Å². The summed E-state index contributed by atoms with van der Waals surface area (Å²) in [6.07, 6.45) is 1.58. The van der Waals surface area contributed by atoms with Gasteiger partial charge in [0.2, 0.25) is 5.91 Å². The van der Waals surface area contributed by atoms with Crippen molar-refractivity contribution < 1.29 is 14.3 Å². The van der Waals surface area contributed by atoms with Crippen molar-refractivity contribution in [3.8, 4) is 0 Å². The lowest BCUT2D eigenvalue weighted by atomic mass is 10.1. The van der Waals surface area contributed by atoms with Gasteiger partial charge in [-0.1, -0.05) is 42.5 Å². The predicted molar refractivity (Wildman–Crippen MR) is 101 cm³/mol. The molecule has 0 aliphatic rings. The Balaban J connectivity index is 1.78. The van der Waals surface area contributed by atoms with Crippen molar-refractivity contribution in [3.63, 3.8) is 0 Å². The molecular formula is C20H19NO3S. The zero-order valence-corrected chi connectivity index (χ0v) is 15.0. The minimum atomic E-state index is -0.435. The van der Waals surface area contributed by atoms with Crippen LogP contribution in [0, 0.1) is 6.92 Å². The maximum Gasteiger partial charge on any atom is 0.340 e. The highest BCUT2D eigenvalue weighted by atomic mass is 32.2. The minimum Gasteiger partial charge on any atom is -0.465 e. The third kappa shape index (κ3) is 3.61. The fourth-order valence-electron chi connectivity index (χ4n) is 2.75. The number of thioether (sulfide) groups is 1. The molecule has 128 valence electrons. The van der Waals surface area contributed by atoms with E-state index in [0.29, 0.717) is 11.3 Å². The Morgan fingerprint density at radius 3 is 2.56 bits per heavy atom. The Hall–Kier alpha value is -2.53. The number of carbonyl (C=O) groups is 2. The topological polar surface area (TPSA) is 48.3 Å². The van der Waals surface area contributed by atoms with Gasteiger partial charge in [0.05, 0.1) is 23.9 Å². The molecule has 0 aliphatic carbocycles. The lowest BCUT2D eigenvalue weighted by Crippen LogP contribution is -2.12. The van der Waals surface area contributed by atoms with Gasteiger partial charge in [-0.3, -0.25) is 9.36 Å². The van der Waals surface area contributed by atoms with E-state index in [1.165, 1.54) is 18.2 Å². The first-order chi connectivity index (χ1) is 12.1. The standard InChI is InChI=1S/C20H19NO3S/c1-14-7-3-4-8-15(14)12-25-13-19(22)21-11-17(20(23)24-2)16-9-5-6-10-18(16)21/h3-11H,12-13H2,1-2H3. The molecule has 0 unspecified atom stereocenters. The van der Waals surface area contributed by atoms with Crippen LogP contribution in [0.5, 0.6) is 0 Å². The van der Waals surface area contributed by atoms with Crippen LogP contribution in [0.4, 0.5) is 0 Å². The largest absolute Gasteiger partial charge is 0.465 e. The second-order valence-electron chi connectivity index (χ2n) is 5.73. The summed E-state index contributed by atoms with van der Waals surface area (Å²) in [5.74, 6) is 0.634. The number of esters is 1. The second kappa shape index (κ2) is 7.57. The van der Waals surface area contributed by atoms with E-state index in [4.69, 9.17) is 4.74 Å². The summed E-state index contributed by atoms with van der Waals surface area (Å²) in [7, 11) is 1.34. The minimum absolute atomic E-state index is 0.0510. The van der Waals surface area contributed by atoms with E-state index < -0.39 is 5.97 Å². The molecule has 0 saturated heterocycles. The molecule has 2 aromatic carbocycles. The Morgan fingerprint density at radius 1 is 1.08 bits per heavy atom. The van der Waals surface area contributed by atoms with Gasteiger partial charge in [-0.15, -0.1) is 11.8 Å². The predicted octanol–water partition coefficient (Wildman–Crippen LogP) is 4.31. The van der Waals surface area contributed by atoms with Crippen molar-refractivity contribution in [2.45, 2.75) is 12.7 Å². The van der Waals surface area contributed by atoms with Crippen LogP contribution >= 0.6 is 11.8 Å². The Kier molecular flexibility index (Phi) is 5.24. The van der Waals surface area contributed by atoms with Gasteiger partial charge < -0.3 is 4.74 Å². The molecule has 25 heavy (non-hydrogen) atoms. The number of aryl methyl sites for hydroxylation is 1. The molecule has 3 rings (SSSR count). The molecule has 1 heterocycles. The van der Waals surface area contributed by atoms with Crippen molar-refractivity contribution in [1.29, 1.82) is 0 Å². The van der Waals surface area contributed by atoms with Gasteiger partial charge in [-0.05, 0) is 24.1 Å². The summed E-state index contributed by atoms with van der Waals surface area (Å²) in [5.41, 5.74) is 3.59. The van der Waals surface area contributed by atoms with E-state index >= 15 is 0 Å². The van der Waals surface area contributed by atoms with E-state index in [2.05, 4.69) is 19.1 Å². The first-order valence-electron chi connectivity index (χ1n) is 7.95. The fourth-order valence-corrected chi connectivity index (χ4v) is 3.71. The van der Waals surface area contributed by atoms with Crippen molar-refractivity contribution in [2.24, 2.45) is 0 Å². The second-order valence-corrected chi connectivity index (χ2v) is 6.72. The van der Waals surface area contributed by atoms with Gasteiger partial charge in [-0.25, -0.2) is 4.79 Å². The SMILES string of the molecule is COC(=O)c1cn(C(=O)CSCc2ccccc2C)c2ccccc12. The fraction of sp³-hybridized carbons (Fsp3) is 0.200. The van der Waals surface area contributed by atoms with Crippen LogP contribution in [0.1, 0.15) is 26.3 Å². The molecule has 5 heteroatoms. The molecule has 0 amide bonds. The molecule has 0 radical (unpaired) electrons. The van der Waals surface area contributed by atoms with Gasteiger partial charge in [0.25, 0.3) is 0 Å². The van der Waals surface area contributed by atoms with E-state index in [1.807, 2.05) is 36.4 Å². The zero-order chi connectivity index (χ0) is 17.8. The molecule has 0 spiro atoms. The third-order valence-electron chi connectivity index (χ3n) is 4.13. The summed E-state index contributed by atoms with van der Waals surface area (Å²) in [6.45, 7) is 2.07. The number of para-hydroxylation sites is 1. The number of aromatic nitrogens is 1. The molecule has 0 N–H and O–H groups in total. The number of hydrogen-bond acceptors (Lipinski definition) is 4. The van der Waals surface area contributed by atoms with Gasteiger partial charge in [0, 0.05) is 17.3 Å². The van der Waals surface area contributed by atoms with E-state index in [1.54, 1.807) is 22.5 Å². The smallest absolute Gasteiger partial charge is 0.340 e. The molecule has 0 atom stereocenters. The number of methoxy groups -OCH3 is 1. The molecule has 0 fully saturated rings. The normalized spacial score (nSPS) is 10.8. The molecule has 0 saturated carbocycles. The van der Waals surface area contributed by atoms with Crippen LogP contribution in [0.2, 0.25) is 0 Å². The number of fused-ring (bicyclic) bond motifs is 1. The highest BCUT2D eigenvalue weighted by molar-refractivity contribution is 7.99. The number of benzene rings is 2. The summed E-state index contributed by atoms with van der Waals surface area (Å²) in [5, 5.41) is 0.728. The molecular weight excluding hydrogens is 334 g/mol. The Bertz CT molecular complexity index is 930. The summed E-state index contributed by atoms with van der Waals surface area (Å²) in [4.78, 5) is 24.6. The molecule has 3 aromatic rings. The van der Waals surface area contributed by atoms with Crippen LogP contribution in [0.15, 0.2) is 54.7 Å². The highest BCUT2D eigenvalue weighted by Crippen LogP contribution is 2.23. The average molecular weight is 353 g/mol. The first-order valence-corrected chi connectivity index (χ1v) is 9.11. The van der Waals surface area contributed by atoms with Gasteiger partial charge in [0.1, 0.15) is 0 Å². The lowest BCUT2D eigenvalue weighted by Gasteiger charge is -2.06. The van der Waals surface area contributed by atoms with Crippen molar-refractivity contribution in [3.05, 3.63) is 71.4 Å². The van der Waals surface area contributed by atoms with Crippen LogP contribution in [-0.2, 0) is 10.5 Å². The molecule has 1 aromatic heterocycles. The maximum absolute atomic E-state index is 12.6. The first kappa shape index (κ1) is 17.3. The Morgan fingerprint density at radius 2 is 1.80 bits per heavy atom. The van der Waals surface area contributed by atoms with Crippen molar-refractivity contribution in [1.82, 2.24) is 4.57 Å².